The molecule has 0 aromatic rings. The van der Waals surface area contributed by atoms with Crippen molar-refractivity contribution in [3.05, 3.63) is 0 Å². The number of alkyl halides is 1. The van der Waals surface area contributed by atoms with Gasteiger partial charge in [-0.25, -0.2) is 0 Å². The predicted molar refractivity (Wildman–Crippen MR) is 122 cm³/mol. The Labute approximate surface area is 172 Å². The molecule has 0 N–H and O–H groups in total. The second kappa shape index (κ2) is 25.9. The Morgan fingerprint density at radius 1 is 0.296 bits per heavy atom. The van der Waals surface area contributed by atoms with E-state index in [1.54, 1.807) is 0 Å². The van der Waals surface area contributed by atoms with Gasteiger partial charge in [0, 0.05) is 0 Å². The molecule has 0 aliphatic rings. The molecule has 0 radical (unpaired) electrons. The van der Waals surface area contributed by atoms with Gasteiger partial charge in [0.2, 0.25) is 0 Å². The van der Waals surface area contributed by atoms with Crippen LogP contribution in [0.5, 0.6) is 0 Å². The predicted octanol–water partition coefficient (Wildman–Crippen LogP) is 10.3. The molecule has 0 saturated heterocycles. The summed E-state index contributed by atoms with van der Waals surface area (Å²) in [6.07, 6.45) is 33.4. The molecule has 27 heavy (non-hydrogen) atoms. The Kier molecular flexibility index (Phi) is 25.9. The highest BCUT2D eigenvalue weighted by Crippen LogP contribution is 2.15. The topological polar surface area (TPSA) is 0 Å². The van der Waals surface area contributed by atoms with Gasteiger partial charge in [-0.3, -0.25) is 4.39 Å². The highest BCUT2D eigenvalue weighted by atomic mass is 19.1. The molecule has 0 rings (SSSR count). The smallest absolute Gasteiger partial charge is 0.0894 e. The van der Waals surface area contributed by atoms with Crippen molar-refractivity contribution in [1.82, 2.24) is 0 Å². The van der Waals surface area contributed by atoms with E-state index in [0.29, 0.717) is 0 Å². The van der Waals surface area contributed by atoms with Crippen LogP contribution in [0.3, 0.4) is 0 Å². The Balaban J connectivity index is 2.95. The van der Waals surface area contributed by atoms with Crippen LogP contribution in [0, 0.1) is 0 Å². The minimum Gasteiger partial charge on any atom is -0.251 e. The highest BCUT2D eigenvalue weighted by Gasteiger charge is 1.96. The molecule has 0 bridgehead atoms. The van der Waals surface area contributed by atoms with Crippen molar-refractivity contribution >= 4 is 0 Å². The van der Waals surface area contributed by atoms with E-state index in [1.807, 2.05) is 0 Å². The van der Waals surface area contributed by atoms with Crippen molar-refractivity contribution in [3.8, 4) is 0 Å². The van der Waals surface area contributed by atoms with Crippen LogP contribution < -0.4 is 0 Å². The van der Waals surface area contributed by atoms with Crippen LogP contribution >= 0.6 is 0 Å². The SMILES string of the molecule is CCCCCCCCCCCCCCCCCCCCCCCCCCF. The van der Waals surface area contributed by atoms with Gasteiger partial charge in [0.15, 0.2) is 0 Å². The van der Waals surface area contributed by atoms with Crippen LogP contribution in [0.25, 0.3) is 0 Å². The normalized spacial score (nSPS) is 11.3. The number of rotatable bonds is 24. The first-order chi connectivity index (χ1) is 13.4. The van der Waals surface area contributed by atoms with Gasteiger partial charge in [-0.15, -0.1) is 0 Å². The standard InChI is InChI=1S/C26H53F/c1-2-3-4-5-6-7-8-9-10-11-12-13-14-15-16-17-18-19-20-21-22-23-24-25-26-27/h2-26H2,1H3. The van der Waals surface area contributed by atoms with Gasteiger partial charge < -0.3 is 0 Å². The zero-order valence-corrected chi connectivity index (χ0v) is 19.1. The van der Waals surface area contributed by atoms with Gasteiger partial charge in [-0.1, -0.05) is 155 Å². The molecule has 0 spiro atoms. The lowest BCUT2D eigenvalue weighted by Crippen LogP contribution is -1.84. The number of hydrogen-bond acceptors (Lipinski definition) is 0. The molecule has 0 fully saturated rings. The maximum absolute atomic E-state index is 12.0. The molecular weight excluding hydrogens is 331 g/mol. The van der Waals surface area contributed by atoms with Gasteiger partial charge in [-0.2, -0.15) is 0 Å². The van der Waals surface area contributed by atoms with Crippen molar-refractivity contribution in [3.63, 3.8) is 0 Å². The zero-order valence-electron chi connectivity index (χ0n) is 19.1. The second-order valence-electron chi connectivity index (χ2n) is 8.82. The summed E-state index contributed by atoms with van der Waals surface area (Å²) < 4.78 is 12.0. The zero-order chi connectivity index (χ0) is 19.7. The van der Waals surface area contributed by atoms with Crippen molar-refractivity contribution < 1.29 is 4.39 Å². The third kappa shape index (κ3) is 25.9. The van der Waals surface area contributed by atoms with Crippen LogP contribution in [0.15, 0.2) is 0 Å². The lowest BCUT2D eigenvalue weighted by atomic mass is 10.0. The van der Waals surface area contributed by atoms with E-state index in [2.05, 4.69) is 6.92 Å². The summed E-state index contributed by atoms with van der Waals surface area (Å²) >= 11 is 0. The fraction of sp³-hybridized carbons (Fsp3) is 1.00. The molecule has 0 aliphatic heterocycles. The molecule has 1 heteroatoms. The Morgan fingerprint density at radius 3 is 0.667 bits per heavy atom. The fourth-order valence-electron chi connectivity index (χ4n) is 4.06. The van der Waals surface area contributed by atoms with E-state index < -0.39 is 0 Å². The summed E-state index contributed by atoms with van der Waals surface area (Å²) in [5.41, 5.74) is 0. The molecule has 0 aliphatic carbocycles. The quantitative estimate of drug-likeness (QED) is 0.145. The average Bonchev–Trinajstić information content (AvgIpc) is 2.68. The molecule has 0 aromatic carbocycles. The van der Waals surface area contributed by atoms with Crippen molar-refractivity contribution in [2.45, 2.75) is 161 Å². The Hall–Kier alpha value is -0.0700. The summed E-state index contributed by atoms with van der Waals surface area (Å²) in [5, 5.41) is 0. The van der Waals surface area contributed by atoms with Gasteiger partial charge >= 0.3 is 0 Å². The van der Waals surface area contributed by atoms with E-state index >= 15 is 0 Å². The first-order valence-corrected chi connectivity index (χ1v) is 13.0. The van der Waals surface area contributed by atoms with Crippen LogP contribution in [-0.4, -0.2) is 6.67 Å². The third-order valence-corrected chi connectivity index (χ3v) is 5.99. The Bertz CT molecular complexity index is 214. The van der Waals surface area contributed by atoms with E-state index in [1.165, 1.54) is 141 Å². The first-order valence-electron chi connectivity index (χ1n) is 13.0. The molecule has 0 atom stereocenters. The number of unbranched alkanes of at least 4 members (excludes halogenated alkanes) is 23. The van der Waals surface area contributed by atoms with E-state index in [0.717, 1.165) is 12.8 Å². The van der Waals surface area contributed by atoms with Crippen LogP contribution in [0.1, 0.15) is 161 Å². The van der Waals surface area contributed by atoms with E-state index in [-0.39, 0.29) is 6.67 Å². The minimum atomic E-state index is -0.126. The van der Waals surface area contributed by atoms with E-state index in [9.17, 15) is 4.39 Å². The molecule has 0 nitrogen and oxygen atoms in total. The third-order valence-electron chi connectivity index (χ3n) is 5.99. The summed E-state index contributed by atoms with van der Waals surface area (Å²) in [5.74, 6) is 0. The van der Waals surface area contributed by atoms with Gasteiger partial charge in [-0.05, 0) is 6.42 Å². The van der Waals surface area contributed by atoms with Gasteiger partial charge in [0.25, 0.3) is 0 Å². The Morgan fingerprint density at radius 2 is 0.481 bits per heavy atom. The molecule has 0 unspecified atom stereocenters. The van der Waals surface area contributed by atoms with Gasteiger partial charge in [0.05, 0.1) is 6.67 Å². The molecule has 0 heterocycles. The second-order valence-corrected chi connectivity index (χ2v) is 8.82. The number of halogens is 1. The minimum absolute atomic E-state index is 0.126. The highest BCUT2D eigenvalue weighted by molar-refractivity contribution is 4.51. The lowest BCUT2D eigenvalue weighted by molar-refractivity contribution is 0.448. The monoisotopic (exact) mass is 384 g/mol. The first kappa shape index (κ1) is 26.9. The summed E-state index contributed by atoms with van der Waals surface area (Å²) in [7, 11) is 0. The fourth-order valence-corrected chi connectivity index (χ4v) is 4.06. The maximum Gasteiger partial charge on any atom is 0.0894 e. The van der Waals surface area contributed by atoms with Crippen LogP contribution in [0.4, 0.5) is 4.39 Å². The molecular formula is C26H53F. The van der Waals surface area contributed by atoms with Crippen LogP contribution in [0.2, 0.25) is 0 Å². The van der Waals surface area contributed by atoms with Crippen molar-refractivity contribution in [2.75, 3.05) is 6.67 Å². The van der Waals surface area contributed by atoms with Crippen LogP contribution in [-0.2, 0) is 0 Å². The summed E-state index contributed by atoms with van der Waals surface area (Å²) in [6, 6.07) is 0. The van der Waals surface area contributed by atoms with Gasteiger partial charge in [0.1, 0.15) is 0 Å². The largest absolute Gasteiger partial charge is 0.251 e. The summed E-state index contributed by atoms with van der Waals surface area (Å²) in [6.45, 7) is 2.17. The van der Waals surface area contributed by atoms with E-state index in [4.69, 9.17) is 0 Å². The number of hydrogen-bond donors (Lipinski definition) is 0. The summed E-state index contributed by atoms with van der Waals surface area (Å²) in [4.78, 5) is 0. The molecule has 0 saturated carbocycles. The maximum atomic E-state index is 12.0. The lowest BCUT2D eigenvalue weighted by Gasteiger charge is -2.04. The molecule has 0 amide bonds. The molecule has 0 aromatic heterocycles. The average molecular weight is 385 g/mol. The van der Waals surface area contributed by atoms with Crippen molar-refractivity contribution in [1.29, 1.82) is 0 Å². The van der Waals surface area contributed by atoms with Crippen molar-refractivity contribution in [2.24, 2.45) is 0 Å². The molecule has 164 valence electrons.